The van der Waals surface area contributed by atoms with E-state index in [0.29, 0.717) is 53.9 Å². The molecule has 1 saturated heterocycles. The molecular formula is C30H30N4O4. The number of hydrogen-bond donors (Lipinski definition) is 2. The normalized spacial score (nSPS) is 21.8. The summed E-state index contributed by atoms with van der Waals surface area (Å²) in [6, 6.07) is 14.7. The molecule has 0 amide bonds. The van der Waals surface area contributed by atoms with Crippen LogP contribution in [-0.2, 0) is 22.5 Å². The Kier molecular flexibility index (Phi) is 5.24. The number of rotatable bonds is 5. The molecule has 0 unspecified atom stereocenters. The van der Waals surface area contributed by atoms with Crippen LogP contribution < -0.4 is 5.56 Å². The number of benzene rings is 2. The van der Waals surface area contributed by atoms with E-state index in [-0.39, 0.29) is 23.2 Å². The zero-order valence-corrected chi connectivity index (χ0v) is 21.9. The molecule has 38 heavy (non-hydrogen) atoms. The van der Waals surface area contributed by atoms with Crippen LogP contribution in [0.1, 0.15) is 74.2 Å². The molecule has 2 aromatic heterocycles. The van der Waals surface area contributed by atoms with Crippen LogP contribution >= 0.6 is 0 Å². The molecule has 0 aliphatic carbocycles. The number of aromatic hydroxyl groups is 2. The molecule has 6 rings (SSSR count). The third kappa shape index (κ3) is 3.25. The molecule has 8 heteroatoms. The number of nitrogens with zero attached hydrogens (tertiary/aromatic N) is 4. The molecule has 4 aromatic rings. The van der Waals surface area contributed by atoms with Crippen molar-refractivity contribution in [1.29, 1.82) is 5.26 Å². The van der Waals surface area contributed by atoms with E-state index in [2.05, 4.69) is 11.1 Å². The molecule has 0 saturated carbocycles. The minimum atomic E-state index is -0.849. The smallest absolute Gasteiger partial charge is 0.253 e. The average Bonchev–Trinajstić information content (AvgIpc) is 3.46. The van der Waals surface area contributed by atoms with Crippen molar-refractivity contribution in [2.75, 3.05) is 0 Å². The minimum Gasteiger partial charge on any atom is -0.494 e. The van der Waals surface area contributed by atoms with Gasteiger partial charge in [-0.1, -0.05) is 38.1 Å². The van der Waals surface area contributed by atoms with Crippen LogP contribution in [0.5, 0.6) is 11.8 Å². The summed E-state index contributed by atoms with van der Waals surface area (Å²) < 4.78 is 9.77. The standard InChI is InChI=1S/C30H30N4O4/c1-17(2)26-32-18(3)15-23(35)33(26)14-13-30-12-11-29(4,38-30)24-25(30)28(37)34(27(24)36)22-10-9-19(16-31)20-7-5-6-8-21(20)22/h5-10,15,17,36-37H,11-14H2,1-4H3/t29-,30-/m1/s1. The highest BCUT2D eigenvalue weighted by atomic mass is 16.5. The fraction of sp³-hybridized carbons (Fsp3) is 0.367. The molecule has 1 fully saturated rings. The molecular weight excluding hydrogens is 480 g/mol. The SMILES string of the molecule is Cc1cc(=O)n(CC[C@@]23CC[C@@](C)(O2)c2c3c(O)n(-c3ccc(C#N)c4ccccc34)c2O)c(C(C)C)n1. The molecule has 4 heterocycles. The first-order chi connectivity index (χ1) is 18.1. The summed E-state index contributed by atoms with van der Waals surface area (Å²) in [6.07, 6.45) is 1.79. The maximum Gasteiger partial charge on any atom is 0.253 e. The van der Waals surface area contributed by atoms with Gasteiger partial charge in [-0.05, 0) is 45.2 Å². The quantitative estimate of drug-likeness (QED) is 0.380. The molecule has 2 aliphatic rings. The Morgan fingerprint density at radius 2 is 1.82 bits per heavy atom. The number of hydrogen-bond acceptors (Lipinski definition) is 6. The Bertz CT molecular complexity index is 1730. The molecule has 2 aliphatic heterocycles. The third-order valence-electron chi connectivity index (χ3n) is 8.22. The molecule has 2 bridgehead atoms. The van der Waals surface area contributed by atoms with Crippen molar-refractivity contribution < 1.29 is 14.9 Å². The molecule has 2 atom stereocenters. The van der Waals surface area contributed by atoms with Crippen molar-refractivity contribution in [3.05, 3.63) is 81.0 Å². The van der Waals surface area contributed by atoms with Crippen LogP contribution in [0, 0.1) is 18.3 Å². The predicted octanol–water partition coefficient (Wildman–Crippen LogP) is 5.23. The van der Waals surface area contributed by atoms with Crippen molar-refractivity contribution >= 4 is 10.8 Å². The number of fused-ring (bicyclic) bond motifs is 6. The van der Waals surface area contributed by atoms with Gasteiger partial charge in [0.15, 0.2) is 0 Å². The second-order valence-corrected chi connectivity index (χ2v) is 11.0. The Morgan fingerprint density at radius 1 is 1.11 bits per heavy atom. The molecule has 2 N–H and O–H groups in total. The zero-order valence-electron chi connectivity index (χ0n) is 21.9. The van der Waals surface area contributed by atoms with Crippen LogP contribution in [0.15, 0.2) is 47.3 Å². The summed E-state index contributed by atoms with van der Waals surface area (Å²) in [7, 11) is 0. The van der Waals surface area contributed by atoms with Crippen LogP contribution in [0.2, 0.25) is 0 Å². The van der Waals surface area contributed by atoms with Crippen molar-refractivity contribution in [2.45, 2.75) is 70.6 Å². The third-order valence-corrected chi connectivity index (χ3v) is 8.22. The summed E-state index contributed by atoms with van der Waals surface area (Å²) in [5, 5.41) is 34.3. The lowest BCUT2D eigenvalue weighted by Gasteiger charge is -2.27. The van der Waals surface area contributed by atoms with Gasteiger partial charge in [0.05, 0.1) is 34.0 Å². The van der Waals surface area contributed by atoms with Gasteiger partial charge in [0, 0.05) is 35.0 Å². The van der Waals surface area contributed by atoms with Gasteiger partial charge in [-0.15, -0.1) is 0 Å². The van der Waals surface area contributed by atoms with Gasteiger partial charge in [0.1, 0.15) is 11.4 Å². The van der Waals surface area contributed by atoms with Crippen LogP contribution in [0.3, 0.4) is 0 Å². The average molecular weight is 511 g/mol. The largest absolute Gasteiger partial charge is 0.494 e. The lowest BCUT2D eigenvalue weighted by atomic mass is 9.77. The van der Waals surface area contributed by atoms with Crippen LogP contribution in [-0.4, -0.2) is 24.3 Å². The zero-order chi connectivity index (χ0) is 27.0. The predicted molar refractivity (Wildman–Crippen MR) is 143 cm³/mol. The van der Waals surface area contributed by atoms with E-state index >= 15 is 0 Å². The van der Waals surface area contributed by atoms with E-state index in [9.17, 15) is 20.3 Å². The first-order valence-corrected chi connectivity index (χ1v) is 13.0. The second kappa shape index (κ2) is 8.20. The maximum absolute atomic E-state index is 12.9. The number of aryl methyl sites for hydroxylation is 1. The van der Waals surface area contributed by atoms with Crippen LogP contribution in [0.4, 0.5) is 0 Å². The number of aromatic nitrogens is 3. The van der Waals surface area contributed by atoms with Gasteiger partial charge in [0.2, 0.25) is 11.8 Å². The minimum absolute atomic E-state index is 0.0616. The number of nitriles is 1. The van der Waals surface area contributed by atoms with E-state index in [1.165, 1.54) is 4.57 Å². The Labute approximate surface area is 220 Å². The summed E-state index contributed by atoms with van der Waals surface area (Å²) in [4.78, 5) is 17.6. The van der Waals surface area contributed by atoms with Crippen LogP contribution in [0.25, 0.3) is 16.5 Å². The molecule has 0 spiro atoms. The summed E-state index contributed by atoms with van der Waals surface area (Å²) >= 11 is 0. The highest BCUT2D eigenvalue weighted by molar-refractivity contribution is 5.95. The second-order valence-electron chi connectivity index (χ2n) is 11.0. The van der Waals surface area contributed by atoms with Crippen molar-refractivity contribution in [2.24, 2.45) is 0 Å². The molecule has 2 aromatic carbocycles. The van der Waals surface area contributed by atoms with E-state index in [1.54, 1.807) is 22.8 Å². The fourth-order valence-electron chi connectivity index (χ4n) is 6.51. The summed E-state index contributed by atoms with van der Waals surface area (Å²) in [5.41, 5.74) is 1.25. The Morgan fingerprint density at radius 3 is 2.53 bits per heavy atom. The monoisotopic (exact) mass is 510 g/mol. The van der Waals surface area contributed by atoms with E-state index < -0.39 is 11.2 Å². The highest BCUT2D eigenvalue weighted by Crippen LogP contribution is 2.65. The van der Waals surface area contributed by atoms with E-state index in [0.717, 1.165) is 16.6 Å². The van der Waals surface area contributed by atoms with Crippen molar-refractivity contribution in [3.8, 4) is 23.5 Å². The fourth-order valence-corrected chi connectivity index (χ4v) is 6.51. The van der Waals surface area contributed by atoms with Gasteiger partial charge >= 0.3 is 0 Å². The van der Waals surface area contributed by atoms with E-state index in [4.69, 9.17) is 4.74 Å². The lowest BCUT2D eigenvalue weighted by Crippen LogP contribution is -2.31. The highest BCUT2D eigenvalue weighted by Gasteiger charge is 2.61. The number of ether oxygens (including phenoxy) is 1. The van der Waals surface area contributed by atoms with E-state index in [1.807, 2.05) is 52.0 Å². The molecule has 8 nitrogen and oxygen atoms in total. The first kappa shape index (κ1) is 24.3. The van der Waals surface area contributed by atoms with Crippen molar-refractivity contribution in [3.63, 3.8) is 0 Å². The first-order valence-electron chi connectivity index (χ1n) is 13.0. The van der Waals surface area contributed by atoms with Gasteiger partial charge < -0.3 is 14.9 Å². The Balaban J connectivity index is 1.49. The topological polar surface area (TPSA) is 113 Å². The van der Waals surface area contributed by atoms with Gasteiger partial charge in [0.25, 0.3) is 5.56 Å². The van der Waals surface area contributed by atoms with Gasteiger partial charge in [-0.3, -0.25) is 13.9 Å². The van der Waals surface area contributed by atoms with Gasteiger partial charge in [-0.2, -0.15) is 5.26 Å². The Hall–Kier alpha value is -4.09. The molecule has 0 radical (unpaired) electrons. The summed E-state index contributed by atoms with van der Waals surface area (Å²) in [6.45, 7) is 8.17. The van der Waals surface area contributed by atoms with Crippen molar-refractivity contribution in [1.82, 2.24) is 14.1 Å². The molecule has 194 valence electrons. The van der Waals surface area contributed by atoms with Gasteiger partial charge in [-0.25, -0.2) is 4.98 Å². The summed E-state index contributed by atoms with van der Waals surface area (Å²) in [5.74, 6) is 0.652. The lowest BCUT2D eigenvalue weighted by molar-refractivity contribution is -0.0853. The maximum atomic E-state index is 12.9.